The fourth-order valence-corrected chi connectivity index (χ4v) is 4.29. The first kappa shape index (κ1) is 19.4. The van der Waals surface area contributed by atoms with Crippen LogP contribution in [0.15, 0.2) is 46.0 Å². The number of halogens is 3. The number of benzene rings is 1. The Morgan fingerprint density at radius 3 is 2.56 bits per heavy atom. The highest BCUT2D eigenvalue weighted by atomic mass is 32.2. The summed E-state index contributed by atoms with van der Waals surface area (Å²) in [5.41, 5.74) is -0.538. The third kappa shape index (κ3) is 5.03. The van der Waals surface area contributed by atoms with E-state index in [0.717, 1.165) is 27.8 Å². The van der Waals surface area contributed by atoms with Crippen LogP contribution in [0, 0.1) is 0 Å². The van der Waals surface area contributed by atoms with Crippen LogP contribution in [-0.2, 0) is 27.5 Å². The summed E-state index contributed by atoms with van der Waals surface area (Å²) in [7, 11) is -2.49. The Hall–Kier alpha value is -1.91. The SMILES string of the molecule is CN(CC(=O)NCc1cccc(C(F)(F)F)c1)S(=O)(=O)c1cccs1. The van der Waals surface area contributed by atoms with Crippen molar-refractivity contribution in [1.29, 1.82) is 0 Å². The van der Waals surface area contributed by atoms with Crippen LogP contribution in [0.25, 0.3) is 0 Å². The first-order valence-corrected chi connectivity index (χ1v) is 9.35. The van der Waals surface area contributed by atoms with E-state index in [-0.39, 0.29) is 16.3 Å². The van der Waals surface area contributed by atoms with Crippen molar-refractivity contribution in [1.82, 2.24) is 9.62 Å². The van der Waals surface area contributed by atoms with Gasteiger partial charge in [-0.3, -0.25) is 4.79 Å². The number of thiophene rings is 1. The summed E-state index contributed by atoms with van der Waals surface area (Å²) in [6.45, 7) is -0.561. The van der Waals surface area contributed by atoms with E-state index >= 15 is 0 Å². The normalized spacial score (nSPS) is 12.4. The maximum absolute atomic E-state index is 12.6. The van der Waals surface area contributed by atoms with Gasteiger partial charge in [-0.15, -0.1) is 11.3 Å². The number of nitrogens with one attached hydrogen (secondary N) is 1. The lowest BCUT2D eigenvalue weighted by Gasteiger charge is -2.16. The molecule has 5 nitrogen and oxygen atoms in total. The number of likely N-dealkylation sites (N-methyl/N-ethyl adjacent to an activating group) is 1. The van der Waals surface area contributed by atoms with Gasteiger partial charge in [-0.1, -0.05) is 18.2 Å². The maximum Gasteiger partial charge on any atom is 0.416 e. The summed E-state index contributed by atoms with van der Waals surface area (Å²) >= 11 is 1.03. The highest BCUT2D eigenvalue weighted by Crippen LogP contribution is 2.29. The molecular formula is C15H15F3N2O3S2. The Balaban J connectivity index is 1.95. The first-order valence-electron chi connectivity index (χ1n) is 7.03. The lowest BCUT2D eigenvalue weighted by molar-refractivity contribution is -0.137. The summed E-state index contributed by atoms with van der Waals surface area (Å²) in [4.78, 5) is 11.9. The van der Waals surface area contributed by atoms with Crippen molar-refractivity contribution < 1.29 is 26.4 Å². The van der Waals surface area contributed by atoms with E-state index in [0.29, 0.717) is 0 Å². The molecule has 10 heteroatoms. The van der Waals surface area contributed by atoms with E-state index in [1.54, 1.807) is 11.4 Å². The number of rotatable bonds is 6. The minimum absolute atomic E-state index is 0.112. The molecule has 0 aliphatic heterocycles. The fourth-order valence-electron chi connectivity index (χ4n) is 1.97. The number of amides is 1. The van der Waals surface area contributed by atoms with Gasteiger partial charge in [0, 0.05) is 13.6 Å². The van der Waals surface area contributed by atoms with Gasteiger partial charge in [0.25, 0.3) is 10.0 Å². The number of hydrogen-bond donors (Lipinski definition) is 1. The van der Waals surface area contributed by atoms with Gasteiger partial charge in [-0.2, -0.15) is 17.5 Å². The highest BCUT2D eigenvalue weighted by molar-refractivity contribution is 7.91. The monoisotopic (exact) mass is 392 g/mol. The second kappa shape index (κ2) is 7.54. The van der Waals surface area contributed by atoms with Crippen molar-refractivity contribution in [2.45, 2.75) is 16.9 Å². The van der Waals surface area contributed by atoms with Crippen LogP contribution in [0.2, 0.25) is 0 Å². The van der Waals surface area contributed by atoms with E-state index < -0.39 is 34.2 Å². The van der Waals surface area contributed by atoms with Crippen molar-refractivity contribution in [3.05, 3.63) is 52.9 Å². The van der Waals surface area contributed by atoms with Gasteiger partial charge in [0.05, 0.1) is 12.1 Å². The van der Waals surface area contributed by atoms with Gasteiger partial charge in [0.2, 0.25) is 5.91 Å². The molecule has 136 valence electrons. The van der Waals surface area contributed by atoms with Crippen LogP contribution < -0.4 is 5.32 Å². The van der Waals surface area contributed by atoms with Crippen LogP contribution in [0.5, 0.6) is 0 Å². The van der Waals surface area contributed by atoms with Gasteiger partial charge in [0.1, 0.15) is 4.21 Å². The molecule has 0 atom stereocenters. The lowest BCUT2D eigenvalue weighted by Crippen LogP contribution is -2.37. The molecule has 2 aromatic rings. The van der Waals surface area contributed by atoms with E-state index in [1.165, 1.54) is 25.2 Å². The molecule has 0 bridgehead atoms. The zero-order valence-corrected chi connectivity index (χ0v) is 14.7. The Bertz CT molecular complexity index is 834. The Labute approximate surface area is 147 Å². The second-order valence-electron chi connectivity index (χ2n) is 5.17. The highest BCUT2D eigenvalue weighted by Gasteiger charge is 2.30. The Kier molecular flexibility index (Phi) is 5.86. The number of hydrogen-bond acceptors (Lipinski definition) is 4. The van der Waals surface area contributed by atoms with Gasteiger partial charge in [-0.05, 0) is 29.1 Å². The van der Waals surface area contributed by atoms with E-state index in [1.807, 2.05) is 0 Å². The molecular weight excluding hydrogens is 377 g/mol. The van der Waals surface area contributed by atoms with Crippen molar-refractivity contribution in [2.24, 2.45) is 0 Å². The summed E-state index contributed by atoms with van der Waals surface area (Å²) in [6.07, 6.45) is -4.46. The van der Waals surface area contributed by atoms with Crippen LogP contribution in [0.4, 0.5) is 13.2 Å². The molecule has 0 aliphatic rings. The molecule has 0 aliphatic carbocycles. The van der Waals surface area contributed by atoms with Crippen molar-refractivity contribution in [3.63, 3.8) is 0 Å². The van der Waals surface area contributed by atoms with Crippen molar-refractivity contribution >= 4 is 27.3 Å². The molecule has 25 heavy (non-hydrogen) atoms. The maximum atomic E-state index is 12.6. The standard InChI is InChI=1S/C15H15F3N2O3S2/c1-20(25(22,23)14-6-3-7-24-14)10-13(21)19-9-11-4-2-5-12(8-11)15(16,17)18/h2-8H,9-10H2,1H3,(H,19,21). The molecule has 2 rings (SSSR count). The number of alkyl halides is 3. The first-order chi connectivity index (χ1) is 11.6. The van der Waals surface area contributed by atoms with Crippen LogP contribution in [-0.4, -0.2) is 32.2 Å². The predicted octanol–water partition coefficient (Wildman–Crippen LogP) is 2.70. The minimum atomic E-state index is -4.46. The second-order valence-corrected chi connectivity index (χ2v) is 8.39. The zero-order valence-electron chi connectivity index (χ0n) is 13.1. The quantitative estimate of drug-likeness (QED) is 0.822. The van der Waals surface area contributed by atoms with Gasteiger partial charge in [-0.25, -0.2) is 8.42 Å². The van der Waals surface area contributed by atoms with E-state index in [4.69, 9.17) is 0 Å². The molecule has 0 saturated carbocycles. The van der Waals surface area contributed by atoms with Crippen molar-refractivity contribution in [2.75, 3.05) is 13.6 Å². The summed E-state index contributed by atoms with van der Waals surface area (Å²) in [5.74, 6) is -0.611. The summed E-state index contributed by atoms with van der Waals surface area (Å²) in [6, 6.07) is 7.58. The molecule has 0 saturated heterocycles. The largest absolute Gasteiger partial charge is 0.416 e. The molecule has 1 N–H and O–H groups in total. The number of nitrogens with zero attached hydrogens (tertiary/aromatic N) is 1. The third-order valence-electron chi connectivity index (χ3n) is 3.27. The molecule has 1 aromatic heterocycles. The topological polar surface area (TPSA) is 66.5 Å². The molecule has 0 fully saturated rings. The van der Waals surface area contributed by atoms with Crippen LogP contribution >= 0.6 is 11.3 Å². The Morgan fingerprint density at radius 2 is 1.96 bits per heavy atom. The van der Waals surface area contributed by atoms with Gasteiger partial charge < -0.3 is 5.32 Å². The summed E-state index contributed by atoms with van der Waals surface area (Å²) < 4.78 is 63.3. The van der Waals surface area contributed by atoms with E-state index in [2.05, 4.69) is 5.32 Å². The smallest absolute Gasteiger partial charge is 0.351 e. The molecule has 0 unspecified atom stereocenters. The lowest BCUT2D eigenvalue weighted by atomic mass is 10.1. The zero-order chi connectivity index (χ0) is 18.7. The average molecular weight is 392 g/mol. The number of carbonyl (C=O) groups excluding carboxylic acids is 1. The molecule has 0 spiro atoms. The minimum Gasteiger partial charge on any atom is -0.351 e. The number of sulfonamides is 1. The Morgan fingerprint density at radius 1 is 1.24 bits per heavy atom. The summed E-state index contributed by atoms with van der Waals surface area (Å²) in [5, 5.41) is 4.02. The number of carbonyl (C=O) groups is 1. The average Bonchev–Trinajstić information content (AvgIpc) is 3.07. The van der Waals surface area contributed by atoms with Gasteiger partial charge in [0.15, 0.2) is 0 Å². The third-order valence-corrected chi connectivity index (χ3v) is 6.45. The molecule has 1 heterocycles. The predicted molar refractivity (Wildman–Crippen MR) is 87.4 cm³/mol. The van der Waals surface area contributed by atoms with E-state index in [9.17, 15) is 26.4 Å². The fraction of sp³-hybridized carbons (Fsp3) is 0.267. The molecule has 1 aromatic carbocycles. The van der Waals surface area contributed by atoms with Gasteiger partial charge >= 0.3 is 6.18 Å². The van der Waals surface area contributed by atoms with Crippen molar-refractivity contribution in [3.8, 4) is 0 Å². The molecule has 0 radical (unpaired) electrons. The molecule has 1 amide bonds. The van der Waals surface area contributed by atoms with Crippen LogP contribution in [0.1, 0.15) is 11.1 Å². The van der Waals surface area contributed by atoms with Crippen LogP contribution in [0.3, 0.4) is 0 Å².